The van der Waals surface area contributed by atoms with Crippen molar-refractivity contribution in [2.75, 3.05) is 12.3 Å². The first kappa shape index (κ1) is 13.2. The topological polar surface area (TPSA) is 75.2 Å². The van der Waals surface area contributed by atoms with Gasteiger partial charge < -0.3 is 15.2 Å². The Kier molecular flexibility index (Phi) is 3.59. The van der Waals surface area contributed by atoms with E-state index in [0.29, 0.717) is 29.8 Å². The molecule has 0 radical (unpaired) electrons. The molecule has 0 aliphatic rings. The van der Waals surface area contributed by atoms with Gasteiger partial charge in [-0.15, -0.1) is 0 Å². The van der Waals surface area contributed by atoms with Gasteiger partial charge in [-0.1, -0.05) is 0 Å². The smallest absolute Gasteiger partial charge is 0.240 e. The first-order valence-corrected chi connectivity index (χ1v) is 6.10. The second-order valence-corrected chi connectivity index (χ2v) is 4.20. The van der Waals surface area contributed by atoms with Crippen LogP contribution in [-0.2, 0) is 7.05 Å². The standard InChI is InChI=1S/C13H18N4O2/c1-5-18-13-10(14)6-7-11(15-13)19-12-8(2)16-17(4)9(12)3/h6-7H,5,14H2,1-4H3. The Morgan fingerprint density at radius 3 is 2.63 bits per heavy atom. The number of hydrogen-bond acceptors (Lipinski definition) is 5. The quantitative estimate of drug-likeness (QED) is 0.914. The Hall–Kier alpha value is -2.24. The van der Waals surface area contributed by atoms with E-state index in [1.54, 1.807) is 16.8 Å². The molecule has 0 bridgehead atoms. The molecular weight excluding hydrogens is 244 g/mol. The third-order valence-corrected chi connectivity index (χ3v) is 2.79. The fraction of sp³-hybridized carbons (Fsp3) is 0.385. The molecule has 2 heterocycles. The molecular formula is C13H18N4O2. The molecule has 0 unspecified atom stereocenters. The van der Waals surface area contributed by atoms with Crippen LogP contribution >= 0.6 is 0 Å². The molecule has 0 saturated carbocycles. The molecule has 2 N–H and O–H groups in total. The average molecular weight is 262 g/mol. The van der Waals surface area contributed by atoms with Gasteiger partial charge in [-0.05, 0) is 26.8 Å². The fourth-order valence-corrected chi connectivity index (χ4v) is 1.75. The van der Waals surface area contributed by atoms with Gasteiger partial charge in [0.25, 0.3) is 0 Å². The zero-order chi connectivity index (χ0) is 14.0. The molecule has 2 aromatic heterocycles. The van der Waals surface area contributed by atoms with Gasteiger partial charge in [0.05, 0.1) is 18.0 Å². The number of ether oxygens (including phenoxy) is 2. The van der Waals surface area contributed by atoms with Gasteiger partial charge in [-0.25, -0.2) is 0 Å². The predicted molar refractivity (Wildman–Crippen MR) is 72.6 cm³/mol. The highest BCUT2D eigenvalue weighted by molar-refractivity contribution is 5.50. The van der Waals surface area contributed by atoms with Crippen molar-refractivity contribution in [1.29, 1.82) is 0 Å². The van der Waals surface area contributed by atoms with Gasteiger partial charge in [-0.3, -0.25) is 4.68 Å². The van der Waals surface area contributed by atoms with Crippen molar-refractivity contribution in [3.05, 3.63) is 23.5 Å². The highest BCUT2D eigenvalue weighted by Crippen LogP contribution is 2.29. The highest BCUT2D eigenvalue weighted by Gasteiger charge is 2.13. The van der Waals surface area contributed by atoms with Gasteiger partial charge in [0.2, 0.25) is 11.8 Å². The summed E-state index contributed by atoms with van der Waals surface area (Å²) in [5, 5.41) is 4.29. The number of nitrogens with zero attached hydrogens (tertiary/aromatic N) is 3. The molecule has 2 rings (SSSR count). The maximum Gasteiger partial charge on any atom is 0.240 e. The SMILES string of the molecule is CCOc1nc(Oc2c(C)nn(C)c2C)ccc1N. The number of anilines is 1. The number of rotatable bonds is 4. The van der Waals surface area contributed by atoms with Gasteiger partial charge >= 0.3 is 0 Å². The van der Waals surface area contributed by atoms with E-state index in [2.05, 4.69) is 10.1 Å². The van der Waals surface area contributed by atoms with Crippen LogP contribution < -0.4 is 15.2 Å². The summed E-state index contributed by atoms with van der Waals surface area (Å²) in [7, 11) is 1.87. The van der Waals surface area contributed by atoms with Crippen LogP contribution in [0.2, 0.25) is 0 Å². The summed E-state index contributed by atoms with van der Waals surface area (Å²) >= 11 is 0. The van der Waals surface area contributed by atoms with Crippen LogP contribution in [0, 0.1) is 13.8 Å². The first-order chi connectivity index (χ1) is 9.02. The largest absolute Gasteiger partial charge is 0.476 e. The number of nitrogen functional groups attached to an aromatic ring is 1. The number of aromatic nitrogens is 3. The van der Waals surface area contributed by atoms with Crippen molar-refractivity contribution < 1.29 is 9.47 Å². The van der Waals surface area contributed by atoms with Gasteiger partial charge in [0, 0.05) is 13.1 Å². The summed E-state index contributed by atoms with van der Waals surface area (Å²) in [5.41, 5.74) is 8.02. The maximum atomic E-state index is 5.77. The summed E-state index contributed by atoms with van der Waals surface area (Å²) in [4.78, 5) is 4.24. The van der Waals surface area contributed by atoms with E-state index in [9.17, 15) is 0 Å². The third-order valence-electron chi connectivity index (χ3n) is 2.79. The normalized spacial score (nSPS) is 10.5. The maximum absolute atomic E-state index is 5.77. The van der Waals surface area contributed by atoms with E-state index in [0.717, 1.165) is 11.4 Å². The molecule has 6 nitrogen and oxygen atoms in total. The van der Waals surface area contributed by atoms with E-state index in [-0.39, 0.29) is 0 Å². The number of hydrogen-bond donors (Lipinski definition) is 1. The molecule has 2 aromatic rings. The Balaban J connectivity index is 2.30. The van der Waals surface area contributed by atoms with E-state index in [1.807, 2.05) is 27.8 Å². The van der Waals surface area contributed by atoms with Crippen LogP contribution in [0.15, 0.2) is 12.1 Å². The Bertz CT molecular complexity index is 593. The van der Waals surface area contributed by atoms with E-state index < -0.39 is 0 Å². The Morgan fingerprint density at radius 2 is 2.05 bits per heavy atom. The minimum atomic E-state index is 0.388. The van der Waals surface area contributed by atoms with E-state index >= 15 is 0 Å². The van der Waals surface area contributed by atoms with Crippen molar-refractivity contribution in [2.45, 2.75) is 20.8 Å². The Morgan fingerprint density at radius 1 is 1.32 bits per heavy atom. The lowest BCUT2D eigenvalue weighted by atomic mass is 10.3. The molecule has 0 aromatic carbocycles. The van der Waals surface area contributed by atoms with E-state index in [1.165, 1.54) is 0 Å². The predicted octanol–water partition coefficient (Wildman–Crippen LogP) is 2.21. The molecule has 6 heteroatoms. The third kappa shape index (κ3) is 2.62. The van der Waals surface area contributed by atoms with Crippen LogP contribution in [0.25, 0.3) is 0 Å². The minimum absolute atomic E-state index is 0.388. The molecule has 102 valence electrons. The number of pyridine rings is 1. The summed E-state index contributed by atoms with van der Waals surface area (Å²) in [5.74, 6) is 1.54. The molecule has 0 aliphatic heterocycles. The molecule has 19 heavy (non-hydrogen) atoms. The Labute approximate surface area is 112 Å². The lowest BCUT2D eigenvalue weighted by Gasteiger charge is -2.09. The van der Waals surface area contributed by atoms with Crippen LogP contribution in [0.4, 0.5) is 5.69 Å². The summed E-state index contributed by atoms with van der Waals surface area (Å²) in [6, 6.07) is 3.43. The summed E-state index contributed by atoms with van der Waals surface area (Å²) in [6.45, 7) is 6.22. The zero-order valence-electron chi connectivity index (χ0n) is 11.6. The van der Waals surface area contributed by atoms with E-state index in [4.69, 9.17) is 15.2 Å². The van der Waals surface area contributed by atoms with Crippen molar-refractivity contribution in [3.63, 3.8) is 0 Å². The van der Waals surface area contributed by atoms with Crippen LogP contribution in [0.1, 0.15) is 18.3 Å². The minimum Gasteiger partial charge on any atom is -0.476 e. The van der Waals surface area contributed by atoms with Crippen LogP contribution in [-0.4, -0.2) is 21.4 Å². The first-order valence-electron chi connectivity index (χ1n) is 6.10. The lowest BCUT2D eigenvalue weighted by molar-refractivity contribution is 0.322. The lowest BCUT2D eigenvalue weighted by Crippen LogP contribution is -2.01. The molecule has 0 saturated heterocycles. The van der Waals surface area contributed by atoms with Crippen molar-refractivity contribution >= 4 is 5.69 Å². The highest BCUT2D eigenvalue weighted by atomic mass is 16.5. The van der Waals surface area contributed by atoms with Crippen molar-refractivity contribution in [1.82, 2.24) is 14.8 Å². The number of nitrogens with two attached hydrogens (primary N) is 1. The molecule has 0 aliphatic carbocycles. The number of aryl methyl sites for hydroxylation is 2. The van der Waals surface area contributed by atoms with Crippen molar-refractivity contribution in [2.24, 2.45) is 7.05 Å². The van der Waals surface area contributed by atoms with Gasteiger partial charge in [0.15, 0.2) is 5.75 Å². The summed E-state index contributed by atoms with van der Waals surface area (Å²) in [6.07, 6.45) is 0. The molecule has 0 atom stereocenters. The average Bonchev–Trinajstić information content (AvgIpc) is 2.60. The second-order valence-electron chi connectivity index (χ2n) is 4.20. The van der Waals surface area contributed by atoms with Crippen molar-refractivity contribution in [3.8, 4) is 17.5 Å². The monoisotopic (exact) mass is 262 g/mol. The molecule has 0 fully saturated rings. The van der Waals surface area contributed by atoms with Crippen LogP contribution in [0.5, 0.6) is 17.5 Å². The summed E-state index contributed by atoms with van der Waals surface area (Å²) < 4.78 is 12.9. The van der Waals surface area contributed by atoms with Gasteiger partial charge in [0.1, 0.15) is 5.69 Å². The zero-order valence-corrected chi connectivity index (χ0v) is 11.6. The fourth-order valence-electron chi connectivity index (χ4n) is 1.75. The molecule has 0 spiro atoms. The molecule has 0 amide bonds. The van der Waals surface area contributed by atoms with Crippen LogP contribution in [0.3, 0.4) is 0 Å². The second kappa shape index (κ2) is 5.17. The van der Waals surface area contributed by atoms with Gasteiger partial charge in [-0.2, -0.15) is 10.1 Å².